The molecule has 4 heteroatoms. The molecule has 1 aromatic carbocycles. The summed E-state index contributed by atoms with van der Waals surface area (Å²) in [5, 5.41) is 0.637. The normalized spacial score (nSPS) is 10.9. The second kappa shape index (κ2) is 5.31. The number of methoxy groups -OCH3 is 1. The zero-order valence-electron chi connectivity index (χ0n) is 9.97. The van der Waals surface area contributed by atoms with Crippen molar-refractivity contribution in [1.82, 2.24) is 4.98 Å². The number of rotatable bonds is 3. The first kappa shape index (κ1) is 12.1. The van der Waals surface area contributed by atoms with E-state index >= 15 is 0 Å². The lowest BCUT2D eigenvalue weighted by Gasteiger charge is -1.98. The van der Waals surface area contributed by atoms with E-state index < -0.39 is 0 Å². The molecule has 1 N–H and O–H groups in total. The van der Waals surface area contributed by atoms with Crippen molar-refractivity contribution in [3.63, 3.8) is 0 Å². The summed E-state index contributed by atoms with van der Waals surface area (Å²) in [6.45, 7) is 0. The van der Waals surface area contributed by atoms with Gasteiger partial charge in [-0.25, -0.2) is 0 Å². The van der Waals surface area contributed by atoms with Gasteiger partial charge in [0, 0.05) is 23.2 Å². The number of nitrogens with one attached hydrogen (secondary N) is 1. The maximum Gasteiger partial charge on any atom is 0.309 e. The van der Waals surface area contributed by atoms with Crippen molar-refractivity contribution in [2.24, 2.45) is 0 Å². The Bertz CT molecular complexity index is 655. The molecule has 2 rings (SSSR count). The topological polar surface area (TPSA) is 59.2 Å². The third-order valence-electron chi connectivity index (χ3n) is 2.61. The first-order valence-electron chi connectivity index (χ1n) is 5.55. The molecule has 0 saturated heterocycles. The highest BCUT2D eigenvalue weighted by Gasteiger charge is 1.98. The Kier molecular flexibility index (Phi) is 3.57. The van der Waals surface area contributed by atoms with Crippen LogP contribution in [0.1, 0.15) is 12.0 Å². The highest BCUT2D eigenvalue weighted by Crippen LogP contribution is 2.11. The number of hydrogen-bond donors (Lipinski definition) is 1. The quantitative estimate of drug-likeness (QED) is 0.840. The lowest BCUT2D eigenvalue weighted by molar-refractivity contribution is -0.139. The highest BCUT2D eigenvalue weighted by molar-refractivity contribution is 5.81. The SMILES string of the molecule is COC(=O)CC=Cc1ccc2[nH]ccc(=O)c2c1. The van der Waals surface area contributed by atoms with Gasteiger partial charge in [-0.2, -0.15) is 0 Å². The van der Waals surface area contributed by atoms with Crippen molar-refractivity contribution in [1.29, 1.82) is 0 Å². The molecule has 92 valence electrons. The second-order valence-electron chi connectivity index (χ2n) is 3.83. The number of benzene rings is 1. The fourth-order valence-corrected chi connectivity index (χ4v) is 1.67. The van der Waals surface area contributed by atoms with Crippen LogP contribution in [0.25, 0.3) is 17.0 Å². The Morgan fingerprint density at radius 3 is 3.00 bits per heavy atom. The molecule has 18 heavy (non-hydrogen) atoms. The van der Waals surface area contributed by atoms with Crippen LogP contribution in [0, 0.1) is 0 Å². The van der Waals surface area contributed by atoms with Gasteiger partial charge in [0.05, 0.1) is 13.5 Å². The predicted molar refractivity (Wildman–Crippen MR) is 70.2 cm³/mol. The van der Waals surface area contributed by atoms with Gasteiger partial charge in [0.25, 0.3) is 0 Å². The van der Waals surface area contributed by atoms with E-state index in [-0.39, 0.29) is 17.8 Å². The van der Waals surface area contributed by atoms with E-state index in [4.69, 9.17) is 0 Å². The van der Waals surface area contributed by atoms with E-state index in [1.807, 2.05) is 12.1 Å². The highest BCUT2D eigenvalue weighted by atomic mass is 16.5. The standard InChI is InChI=1S/C14H13NO3/c1-18-14(17)4-2-3-10-5-6-12-11(9-10)13(16)7-8-15-12/h2-3,5-9H,4H2,1H3,(H,15,16). The number of aromatic amines is 1. The molecule has 1 heterocycles. The van der Waals surface area contributed by atoms with Gasteiger partial charge >= 0.3 is 5.97 Å². The fraction of sp³-hybridized carbons (Fsp3) is 0.143. The van der Waals surface area contributed by atoms with Crippen LogP contribution < -0.4 is 5.43 Å². The van der Waals surface area contributed by atoms with Gasteiger partial charge in [-0.15, -0.1) is 0 Å². The van der Waals surface area contributed by atoms with E-state index in [1.54, 1.807) is 24.4 Å². The molecule has 0 fully saturated rings. The number of carbonyl (C=O) groups excluding carboxylic acids is 1. The van der Waals surface area contributed by atoms with Crippen LogP contribution in [0.3, 0.4) is 0 Å². The molecule has 0 aliphatic rings. The van der Waals surface area contributed by atoms with E-state index in [9.17, 15) is 9.59 Å². The van der Waals surface area contributed by atoms with Gasteiger partial charge in [0.15, 0.2) is 5.43 Å². The van der Waals surface area contributed by atoms with Crippen molar-refractivity contribution in [2.45, 2.75) is 6.42 Å². The Hall–Kier alpha value is -2.36. The third kappa shape index (κ3) is 2.66. The van der Waals surface area contributed by atoms with Crippen molar-refractivity contribution in [3.8, 4) is 0 Å². The number of hydrogen-bond acceptors (Lipinski definition) is 3. The van der Waals surface area contributed by atoms with Crippen LogP contribution in [0.2, 0.25) is 0 Å². The van der Waals surface area contributed by atoms with E-state index in [0.29, 0.717) is 5.39 Å². The largest absolute Gasteiger partial charge is 0.469 e. The first-order valence-corrected chi connectivity index (χ1v) is 5.55. The molecule has 4 nitrogen and oxygen atoms in total. The predicted octanol–water partition coefficient (Wildman–Crippen LogP) is 2.10. The molecule has 0 saturated carbocycles. The van der Waals surface area contributed by atoms with Gasteiger partial charge in [0.1, 0.15) is 0 Å². The van der Waals surface area contributed by atoms with Crippen molar-refractivity contribution < 1.29 is 9.53 Å². The summed E-state index contributed by atoms with van der Waals surface area (Å²) in [5.74, 6) is -0.287. The fourth-order valence-electron chi connectivity index (χ4n) is 1.67. The van der Waals surface area contributed by atoms with Gasteiger partial charge in [-0.3, -0.25) is 9.59 Å². The molecule has 0 spiro atoms. The molecule has 0 bridgehead atoms. The van der Waals surface area contributed by atoms with E-state index in [0.717, 1.165) is 11.1 Å². The van der Waals surface area contributed by atoms with Gasteiger partial charge in [-0.1, -0.05) is 18.2 Å². The van der Waals surface area contributed by atoms with Crippen molar-refractivity contribution >= 4 is 22.9 Å². The Morgan fingerprint density at radius 1 is 1.39 bits per heavy atom. The summed E-state index contributed by atoms with van der Waals surface area (Å²) in [6.07, 6.45) is 5.35. The average molecular weight is 243 g/mol. The molecule has 0 radical (unpaired) electrons. The van der Waals surface area contributed by atoms with Crippen LogP contribution in [0.15, 0.2) is 41.3 Å². The first-order chi connectivity index (χ1) is 8.70. The number of fused-ring (bicyclic) bond motifs is 1. The summed E-state index contributed by atoms with van der Waals surface area (Å²) in [7, 11) is 1.35. The Labute approximate surface area is 104 Å². The van der Waals surface area contributed by atoms with Crippen LogP contribution in [0.5, 0.6) is 0 Å². The Morgan fingerprint density at radius 2 is 2.22 bits per heavy atom. The number of carbonyl (C=O) groups is 1. The van der Waals surface area contributed by atoms with Crippen molar-refractivity contribution in [2.75, 3.05) is 7.11 Å². The smallest absolute Gasteiger partial charge is 0.309 e. The van der Waals surface area contributed by atoms with E-state index in [2.05, 4.69) is 9.72 Å². The molecule has 1 aromatic heterocycles. The molecular weight excluding hydrogens is 230 g/mol. The van der Waals surface area contributed by atoms with E-state index in [1.165, 1.54) is 13.2 Å². The van der Waals surface area contributed by atoms with Crippen LogP contribution in [-0.2, 0) is 9.53 Å². The van der Waals surface area contributed by atoms with Gasteiger partial charge in [-0.05, 0) is 17.7 Å². The van der Waals surface area contributed by atoms with Gasteiger partial charge in [0.2, 0.25) is 0 Å². The lowest BCUT2D eigenvalue weighted by atomic mass is 10.1. The maximum atomic E-state index is 11.6. The molecule has 0 atom stereocenters. The maximum absolute atomic E-state index is 11.6. The number of H-pyrrole nitrogens is 1. The monoisotopic (exact) mass is 243 g/mol. The second-order valence-corrected chi connectivity index (χ2v) is 3.83. The van der Waals surface area contributed by atoms with Crippen LogP contribution in [0.4, 0.5) is 0 Å². The molecule has 2 aromatic rings. The molecular formula is C14H13NO3. The molecule has 0 unspecified atom stereocenters. The number of esters is 1. The zero-order valence-corrected chi connectivity index (χ0v) is 9.97. The molecule has 0 amide bonds. The number of ether oxygens (including phenoxy) is 1. The third-order valence-corrected chi connectivity index (χ3v) is 2.61. The zero-order chi connectivity index (χ0) is 13.0. The summed E-state index contributed by atoms with van der Waals surface area (Å²) >= 11 is 0. The number of pyridine rings is 1. The lowest BCUT2D eigenvalue weighted by Crippen LogP contribution is -1.99. The molecule has 0 aliphatic carbocycles. The summed E-state index contributed by atoms with van der Waals surface area (Å²) in [4.78, 5) is 25.6. The summed E-state index contributed by atoms with van der Waals surface area (Å²) in [5.41, 5.74) is 1.66. The van der Waals surface area contributed by atoms with Crippen LogP contribution >= 0.6 is 0 Å². The minimum Gasteiger partial charge on any atom is -0.469 e. The van der Waals surface area contributed by atoms with Crippen molar-refractivity contribution in [3.05, 3.63) is 52.3 Å². The average Bonchev–Trinajstić information content (AvgIpc) is 2.39. The minimum atomic E-state index is -0.287. The molecule has 0 aliphatic heterocycles. The summed E-state index contributed by atoms with van der Waals surface area (Å²) < 4.78 is 4.53. The van der Waals surface area contributed by atoms with Gasteiger partial charge < -0.3 is 9.72 Å². The van der Waals surface area contributed by atoms with Crippen LogP contribution in [-0.4, -0.2) is 18.1 Å². The minimum absolute atomic E-state index is 0.0213. The number of aromatic nitrogens is 1. The Balaban J connectivity index is 2.28. The summed E-state index contributed by atoms with van der Waals surface area (Å²) in [6, 6.07) is 7.01.